The van der Waals surface area contributed by atoms with E-state index in [4.69, 9.17) is 0 Å². The van der Waals surface area contributed by atoms with Gasteiger partial charge in [0, 0.05) is 25.4 Å². The number of hydrogen-bond donors (Lipinski definition) is 2. The zero-order chi connectivity index (χ0) is 14.7. The third-order valence-corrected chi connectivity index (χ3v) is 3.08. The van der Waals surface area contributed by atoms with Gasteiger partial charge in [-0.2, -0.15) is 0 Å². The molecule has 0 spiro atoms. The van der Waals surface area contributed by atoms with Crippen molar-refractivity contribution in [1.82, 2.24) is 24.9 Å². The molecule has 0 aliphatic heterocycles. The Labute approximate surface area is 119 Å². The molecule has 0 radical (unpaired) electrons. The number of nitrogens with zero attached hydrogens (tertiary/aromatic N) is 3. The lowest BCUT2D eigenvalue weighted by molar-refractivity contribution is 0.0952. The highest BCUT2D eigenvalue weighted by Crippen LogP contribution is 2.02. The van der Waals surface area contributed by atoms with Crippen LogP contribution < -0.4 is 10.9 Å². The SMILES string of the molecule is O=C(NCCc1nnc2ccccn12)c1ccc[nH]c1=O. The molecule has 1 amide bonds. The van der Waals surface area contributed by atoms with Crippen LogP contribution >= 0.6 is 0 Å². The van der Waals surface area contributed by atoms with Crippen molar-refractivity contribution in [2.24, 2.45) is 0 Å². The third-order valence-electron chi connectivity index (χ3n) is 3.08. The highest BCUT2D eigenvalue weighted by molar-refractivity contribution is 5.93. The molecule has 0 fully saturated rings. The number of H-pyrrole nitrogens is 1. The fourth-order valence-corrected chi connectivity index (χ4v) is 2.04. The Morgan fingerprint density at radius 2 is 2.14 bits per heavy atom. The van der Waals surface area contributed by atoms with Gasteiger partial charge in [0.1, 0.15) is 11.4 Å². The Kier molecular flexibility index (Phi) is 3.46. The normalized spacial score (nSPS) is 10.7. The summed E-state index contributed by atoms with van der Waals surface area (Å²) in [5, 5.41) is 10.8. The van der Waals surface area contributed by atoms with Gasteiger partial charge in [-0.05, 0) is 24.3 Å². The number of carbonyl (C=O) groups is 1. The topological polar surface area (TPSA) is 92.2 Å². The second kappa shape index (κ2) is 5.58. The van der Waals surface area contributed by atoms with E-state index < -0.39 is 11.5 Å². The molecule has 0 aromatic carbocycles. The van der Waals surface area contributed by atoms with Crippen molar-refractivity contribution in [2.75, 3.05) is 6.54 Å². The lowest BCUT2D eigenvalue weighted by Crippen LogP contribution is -2.31. The Morgan fingerprint density at radius 3 is 3.00 bits per heavy atom. The van der Waals surface area contributed by atoms with Crippen molar-refractivity contribution in [3.05, 3.63) is 64.5 Å². The largest absolute Gasteiger partial charge is 0.351 e. The van der Waals surface area contributed by atoms with Crippen molar-refractivity contribution in [3.8, 4) is 0 Å². The van der Waals surface area contributed by atoms with Crippen LogP contribution in [0.5, 0.6) is 0 Å². The Bertz CT molecular complexity index is 836. The van der Waals surface area contributed by atoms with Crippen LogP contribution in [-0.2, 0) is 6.42 Å². The van der Waals surface area contributed by atoms with Crippen LogP contribution in [0.4, 0.5) is 0 Å². The minimum absolute atomic E-state index is 0.101. The fourth-order valence-electron chi connectivity index (χ4n) is 2.04. The van der Waals surface area contributed by atoms with E-state index in [1.165, 1.54) is 12.3 Å². The molecule has 3 rings (SSSR count). The summed E-state index contributed by atoms with van der Waals surface area (Å²) in [7, 11) is 0. The molecule has 3 aromatic rings. The number of aromatic nitrogens is 4. The minimum Gasteiger partial charge on any atom is -0.351 e. The maximum Gasteiger partial charge on any atom is 0.260 e. The van der Waals surface area contributed by atoms with Gasteiger partial charge in [0.15, 0.2) is 5.65 Å². The number of amides is 1. The minimum atomic E-state index is -0.400. The van der Waals surface area contributed by atoms with E-state index in [9.17, 15) is 9.59 Å². The third kappa shape index (κ3) is 2.66. The van der Waals surface area contributed by atoms with Gasteiger partial charge in [-0.15, -0.1) is 10.2 Å². The van der Waals surface area contributed by atoms with Gasteiger partial charge in [-0.3, -0.25) is 14.0 Å². The van der Waals surface area contributed by atoms with Gasteiger partial charge >= 0.3 is 0 Å². The van der Waals surface area contributed by atoms with Gasteiger partial charge in [0.25, 0.3) is 11.5 Å². The first-order chi connectivity index (χ1) is 10.3. The molecule has 0 atom stereocenters. The molecule has 0 aliphatic carbocycles. The monoisotopic (exact) mass is 283 g/mol. The molecule has 0 bridgehead atoms. The predicted molar refractivity (Wildman–Crippen MR) is 76.1 cm³/mol. The summed E-state index contributed by atoms with van der Waals surface area (Å²) in [4.78, 5) is 25.8. The Balaban J connectivity index is 1.65. The van der Waals surface area contributed by atoms with E-state index in [1.807, 2.05) is 28.8 Å². The molecule has 0 aliphatic rings. The van der Waals surface area contributed by atoms with Crippen molar-refractivity contribution in [1.29, 1.82) is 0 Å². The molecule has 0 saturated heterocycles. The van der Waals surface area contributed by atoms with Crippen LogP contribution in [0.3, 0.4) is 0 Å². The quantitative estimate of drug-likeness (QED) is 0.724. The summed E-state index contributed by atoms with van der Waals surface area (Å²) in [6, 6.07) is 8.74. The van der Waals surface area contributed by atoms with Gasteiger partial charge in [-0.1, -0.05) is 6.07 Å². The lowest BCUT2D eigenvalue weighted by atomic mass is 10.2. The molecule has 106 valence electrons. The first kappa shape index (κ1) is 13.0. The second-order valence-corrected chi connectivity index (χ2v) is 4.46. The average molecular weight is 283 g/mol. The average Bonchev–Trinajstić information content (AvgIpc) is 2.91. The van der Waals surface area contributed by atoms with E-state index in [0.29, 0.717) is 13.0 Å². The zero-order valence-electron chi connectivity index (χ0n) is 11.1. The molecule has 21 heavy (non-hydrogen) atoms. The standard InChI is InChI=1S/C14H13N5O2/c20-13-10(4-3-7-15-13)14(21)16-8-6-12-18-17-11-5-1-2-9-19(11)12/h1-5,7,9H,6,8H2,(H,15,20)(H,16,21). The highest BCUT2D eigenvalue weighted by atomic mass is 16.2. The zero-order valence-corrected chi connectivity index (χ0v) is 11.1. The van der Waals surface area contributed by atoms with Crippen molar-refractivity contribution >= 4 is 11.6 Å². The van der Waals surface area contributed by atoms with Crippen molar-refractivity contribution in [2.45, 2.75) is 6.42 Å². The number of rotatable bonds is 4. The molecular weight excluding hydrogens is 270 g/mol. The maximum absolute atomic E-state index is 11.9. The number of nitrogens with one attached hydrogen (secondary N) is 2. The Morgan fingerprint density at radius 1 is 1.24 bits per heavy atom. The summed E-state index contributed by atoms with van der Waals surface area (Å²) in [5.74, 6) is 0.360. The van der Waals surface area contributed by atoms with Crippen LogP contribution in [-0.4, -0.2) is 32.0 Å². The molecule has 7 heteroatoms. The lowest BCUT2D eigenvalue weighted by Gasteiger charge is -2.03. The van der Waals surface area contributed by atoms with Crippen molar-refractivity contribution < 1.29 is 4.79 Å². The van der Waals surface area contributed by atoms with Crippen LogP contribution in [0.15, 0.2) is 47.5 Å². The van der Waals surface area contributed by atoms with Crippen LogP contribution in [0.1, 0.15) is 16.2 Å². The summed E-state index contributed by atoms with van der Waals surface area (Å²) in [6.45, 7) is 0.378. The molecule has 0 unspecified atom stereocenters. The summed E-state index contributed by atoms with van der Waals surface area (Å²) in [5.41, 5.74) is 0.463. The summed E-state index contributed by atoms with van der Waals surface area (Å²) >= 11 is 0. The maximum atomic E-state index is 11.9. The first-order valence-corrected chi connectivity index (χ1v) is 6.50. The van der Waals surface area contributed by atoms with Gasteiger partial charge in [0.05, 0.1) is 0 Å². The predicted octanol–water partition coefficient (Wildman–Crippen LogP) is 0.390. The van der Waals surface area contributed by atoms with Crippen LogP contribution in [0, 0.1) is 0 Å². The van der Waals surface area contributed by atoms with Gasteiger partial charge in [-0.25, -0.2) is 0 Å². The molecule has 2 N–H and O–H groups in total. The number of hydrogen-bond acceptors (Lipinski definition) is 4. The summed E-state index contributed by atoms with van der Waals surface area (Å²) < 4.78 is 1.86. The smallest absolute Gasteiger partial charge is 0.260 e. The summed E-state index contributed by atoms with van der Waals surface area (Å²) in [6.07, 6.45) is 3.89. The second-order valence-electron chi connectivity index (χ2n) is 4.46. The van der Waals surface area contributed by atoms with E-state index in [1.54, 1.807) is 6.07 Å². The highest BCUT2D eigenvalue weighted by Gasteiger charge is 2.10. The van der Waals surface area contributed by atoms with E-state index >= 15 is 0 Å². The molecule has 0 saturated carbocycles. The number of pyridine rings is 2. The molecular formula is C14H13N5O2. The fraction of sp³-hybridized carbons (Fsp3) is 0.143. The van der Waals surface area contributed by atoms with Gasteiger partial charge < -0.3 is 10.3 Å². The van der Waals surface area contributed by atoms with Crippen LogP contribution in [0.2, 0.25) is 0 Å². The first-order valence-electron chi connectivity index (χ1n) is 6.50. The van der Waals surface area contributed by atoms with E-state index in [0.717, 1.165) is 11.5 Å². The van der Waals surface area contributed by atoms with Crippen LogP contribution in [0.25, 0.3) is 5.65 Å². The molecule has 3 aromatic heterocycles. The van der Waals surface area contributed by atoms with Gasteiger partial charge in [0.2, 0.25) is 0 Å². The number of aromatic amines is 1. The Hall–Kier alpha value is -2.96. The molecule has 7 nitrogen and oxygen atoms in total. The number of fused-ring (bicyclic) bond motifs is 1. The van der Waals surface area contributed by atoms with E-state index in [2.05, 4.69) is 20.5 Å². The van der Waals surface area contributed by atoms with Crippen molar-refractivity contribution in [3.63, 3.8) is 0 Å². The number of carbonyl (C=O) groups excluding carboxylic acids is 1. The molecule has 3 heterocycles. The van der Waals surface area contributed by atoms with E-state index in [-0.39, 0.29) is 5.56 Å².